The van der Waals surface area contributed by atoms with Gasteiger partial charge in [-0.2, -0.15) is 0 Å². The topological polar surface area (TPSA) is 81.3 Å². The van der Waals surface area contributed by atoms with Crippen LogP contribution >= 0.6 is 11.3 Å². The van der Waals surface area contributed by atoms with Crippen LogP contribution < -0.4 is 15.0 Å². The molecule has 188 valence electrons. The van der Waals surface area contributed by atoms with Gasteiger partial charge in [-0.05, 0) is 72.5 Å². The van der Waals surface area contributed by atoms with Crippen molar-refractivity contribution in [1.82, 2.24) is 9.97 Å². The van der Waals surface area contributed by atoms with Crippen molar-refractivity contribution in [3.05, 3.63) is 117 Å². The number of methoxy groups -OCH3 is 1. The first-order chi connectivity index (χ1) is 18.6. The lowest BCUT2D eigenvalue weighted by atomic mass is 9.81. The van der Waals surface area contributed by atoms with Crippen LogP contribution in [-0.4, -0.2) is 22.9 Å². The average Bonchev–Trinajstić information content (AvgIpc) is 3.44. The summed E-state index contributed by atoms with van der Waals surface area (Å²) in [6, 6.07) is 26.7. The number of carbonyl (C=O) groups excluding carboxylic acids is 1. The van der Waals surface area contributed by atoms with Crippen molar-refractivity contribution in [2.75, 3.05) is 7.11 Å². The molecule has 0 amide bonds. The van der Waals surface area contributed by atoms with Crippen molar-refractivity contribution >= 4 is 17.1 Å². The Morgan fingerprint density at radius 2 is 1.55 bits per heavy atom. The fraction of sp³-hybridized carbons (Fsp3) is 0.129. The number of para-hydroxylation sites is 1. The zero-order valence-corrected chi connectivity index (χ0v) is 21.5. The summed E-state index contributed by atoms with van der Waals surface area (Å²) < 4.78 is 11.1. The van der Waals surface area contributed by atoms with E-state index in [9.17, 15) is 9.59 Å². The number of aromatic nitrogens is 2. The zero-order valence-electron chi connectivity index (χ0n) is 20.6. The Kier molecular flexibility index (Phi) is 6.35. The molecule has 2 heterocycles. The number of nitrogens with zero attached hydrogens (tertiary/aromatic N) is 1. The number of Topliss-reactive ketones (excluding diaryl/α,β-unsaturated/α-hetero) is 1. The summed E-state index contributed by atoms with van der Waals surface area (Å²) in [7, 11) is 1.63. The van der Waals surface area contributed by atoms with Crippen molar-refractivity contribution in [1.29, 1.82) is 0 Å². The summed E-state index contributed by atoms with van der Waals surface area (Å²) in [5.74, 6) is 2.31. The third kappa shape index (κ3) is 4.76. The van der Waals surface area contributed by atoms with Gasteiger partial charge in [0.05, 0.1) is 18.4 Å². The van der Waals surface area contributed by atoms with E-state index < -0.39 is 0 Å². The molecule has 0 spiro atoms. The molecular weight excluding hydrogens is 496 g/mol. The molecule has 0 saturated heterocycles. The van der Waals surface area contributed by atoms with E-state index in [0.29, 0.717) is 34.7 Å². The van der Waals surface area contributed by atoms with E-state index >= 15 is 0 Å². The maximum absolute atomic E-state index is 13.1. The van der Waals surface area contributed by atoms with Gasteiger partial charge in [-0.15, -0.1) is 11.3 Å². The van der Waals surface area contributed by atoms with Crippen LogP contribution in [0.5, 0.6) is 17.2 Å². The quantitative estimate of drug-likeness (QED) is 0.264. The molecule has 0 fully saturated rings. The van der Waals surface area contributed by atoms with Gasteiger partial charge in [0.1, 0.15) is 22.3 Å². The van der Waals surface area contributed by atoms with Gasteiger partial charge in [-0.3, -0.25) is 9.59 Å². The third-order valence-corrected chi connectivity index (χ3v) is 7.63. The van der Waals surface area contributed by atoms with Gasteiger partial charge in [0.15, 0.2) is 5.78 Å². The minimum Gasteiger partial charge on any atom is -0.497 e. The predicted octanol–water partition coefficient (Wildman–Crippen LogP) is 6.88. The van der Waals surface area contributed by atoms with Gasteiger partial charge >= 0.3 is 0 Å². The molecule has 1 atom stereocenters. The number of ether oxygens (including phenoxy) is 2. The van der Waals surface area contributed by atoms with E-state index in [4.69, 9.17) is 14.5 Å². The molecular formula is C31H24N2O4S. The molecule has 1 N–H and O–H groups in total. The SMILES string of the molecule is COc1ccc([C@@H]2CC(=O)c3cc(-c4nc(-c5ccc(Oc6ccccc6)cc5)cs4)c(=O)[nH]c3C2)cc1. The number of hydrogen-bond donors (Lipinski definition) is 1. The number of benzene rings is 3. The lowest BCUT2D eigenvalue weighted by Gasteiger charge is -2.24. The van der Waals surface area contributed by atoms with E-state index in [1.54, 1.807) is 13.2 Å². The molecule has 0 bridgehead atoms. The van der Waals surface area contributed by atoms with E-state index in [-0.39, 0.29) is 17.3 Å². The first kappa shape index (κ1) is 23.9. The number of rotatable bonds is 6. The summed E-state index contributed by atoms with van der Waals surface area (Å²) in [6.07, 6.45) is 0.995. The molecule has 0 unspecified atom stereocenters. The molecule has 0 radical (unpaired) electrons. The highest BCUT2D eigenvalue weighted by Crippen LogP contribution is 2.35. The molecule has 0 aliphatic heterocycles. The maximum atomic E-state index is 13.1. The minimum absolute atomic E-state index is 0.0164. The smallest absolute Gasteiger partial charge is 0.258 e. The zero-order chi connectivity index (χ0) is 26.1. The van der Waals surface area contributed by atoms with E-state index in [0.717, 1.165) is 34.1 Å². The molecule has 6 rings (SSSR count). The van der Waals surface area contributed by atoms with E-state index in [2.05, 4.69) is 4.98 Å². The van der Waals surface area contributed by atoms with Crippen molar-refractivity contribution in [2.24, 2.45) is 0 Å². The Hall–Kier alpha value is -4.49. The summed E-state index contributed by atoms with van der Waals surface area (Å²) in [5.41, 5.74) is 4.17. The van der Waals surface area contributed by atoms with E-state index in [1.165, 1.54) is 11.3 Å². The van der Waals surface area contributed by atoms with Crippen molar-refractivity contribution in [3.63, 3.8) is 0 Å². The first-order valence-corrected chi connectivity index (χ1v) is 13.2. The van der Waals surface area contributed by atoms with Crippen molar-refractivity contribution < 1.29 is 14.3 Å². The fourth-order valence-corrected chi connectivity index (χ4v) is 5.59. The number of nitrogens with one attached hydrogen (secondary N) is 1. The van der Waals surface area contributed by atoms with Gasteiger partial charge < -0.3 is 14.5 Å². The summed E-state index contributed by atoms with van der Waals surface area (Å²) in [6.45, 7) is 0. The molecule has 3 aromatic carbocycles. The van der Waals surface area contributed by atoms with Gasteiger partial charge in [0.25, 0.3) is 5.56 Å². The number of H-pyrrole nitrogens is 1. The second-order valence-electron chi connectivity index (χ2n) is 9.18. The summed E-state index contributed by atoms with van der Waals surface area (Å²) in [5, 5.41) is 2.50. The Balaban J connectivity index is 1.23. The molecule has 38 heavy (non-hydrogen) atoms. The van der Waals surface area contributed by atoms with Crippen molar-refractivity contribution in [3.8, 4) is 39.1 Å². The number of pyridine rings is 1. The number of ketones is 1. The lowest BCUT2D eigenvalue weighted by molar-refractivity contribution is 0.0963. The van der Waals surface area contributed by atoms with Crippen LogP contribution in [0.2, 0.25) is 0 Å². The van der Waals surface area contributed by atoms with Crippen LogP contribution in [0, 0.1) is 0 Å². The monoisotopic (exact) mass is 520 g/mol. The van der Waals surface area contributed by atoms with Crippen LogP contribution in [0.1, 0.15) is 34.0 Å². The highest BCUT2D eigenvalue weighted by atomic mass is 32.1. The third-order valence-electron chi connectivity index (χ3n) is 6.76. The first-order valence-electron chi connectivity index (χ1n) is 12.3. The Morgan fingerprint density at radius 3 is 2.29 bits per heavy atom. The Bertz CT molecular complexity index is 1660. The highest BCUT2D eigenvalue weighted by Gasteiger charge is 2.28. The molecule has 7 heteroatoms. The minimum atomic E-state index is -0.237. The molecule has 2 aromatic heterocycles. The molecule has 6 nitrogen and oxygen atoms in total. The van der Waals surface area contributed by atoms with E-state index in [1.807, 2.05) is 84.2 Å². The molecule has 5 aromatic rings. The molecule has 1 aliphatic carbocycles. The summed E-state index contributed by atoms with van der Waals surface area (Å²) >= 11 is 1.39. The Labute approximate surface area is 223 Å². The number of aromatic amines is 1. The summed E-state index contributed by atoms with van der Waals surface area (Å²) in [4.78, 5) is 33.8. The molecule has 1 aliphatic rings. The predicted molar refractivity (Wildman–Crippen MR) is 149 cm³/mol. The van der Waals surface area contributed by atoms with Gasteiger partial charge in [-0.25, -0.2) is 4.98 Å². The van der Waals surface area contributed by atoms with Gasteiger partial charge in [-0.1, -0.05) is 30.3 Å². The van der Waals surface area contributed by atoms with Crippen LogP contribution in [0.15, 0.2) is 95.1 Å². The average molecular weight is 521 g/mol. The lowest BCUT2D eigenvalue weighted by Crippen LogP contribution is -2.24. The normalized spacial score (nSPS) is 14.7. The Morgan fingerprint density at radius 1 is 0.842 bits per heavy atom. The number of carbonyl (C=O) groups is 1. The second-order valence-corrected chi connectivity index (χ2v) is 10.0. The fourth-order valence-electron chi connectivity index (χ4n) is 4.75. The maximum Gasteiger partial charge on any atom is 0.258 e. The van der Waals surface area contributed by atoms with Crippen LogP contribution in [0.3, 0.4) is 0 Å². The number of thiazole rings is 1. The molecule has 0 saturated carbocycles. The number of hydrogen-bond acceptors (Lipinski definition) is 6. The largest absolute Gasteiger partial charge is 0.497 e. The van der Waals surface area contributed by atoms with Crippen LogP contribution in [0.4, 0.5) is 0 Å². The standard InChI is InChI=1S/C31H24N2O4S/c1-36-22-11-7-19(8-12-22)21-15-27-25(29(34)16-21)17-26(30(35)32-27)31-33-28(18-38-31)20-9-13-24(14-10-20)37-23-5-3-2-4-6-23/h2-14,17-18,21H,15-16H2,1H3,(H,32,35)/t21-/m0/s1. The van der Waals surface area contributed by atoms with Crippen LogP contribution in [-0.2, 0) is 6.42 Å². The number of fused-ring (bicyclic) bond motifs is 1. The van der Waals surface area contributed by atoms with Crippen molar-refractivity contribution in [2.45, 2.75) is 18.8 Å². The second kappa shape index (κ2) is 10.1. The highest BCUT2D eigenvalue weighted by molar-refractivity contribution is 7.13. The van der Waals surface area contributed by atoms with Gasteiger partial charge in [0, 0.05) is 28.6 Å². The van der Waals surface area contributed by atoms with Crippen LogP contribution in [0.25, 0.3) is 21.8 Å². The van der Waals surface area contributed by atoms with Gasteiger partial charge in [0.2, 0.25) is 0 Å².